The van der Waals surface area contributed by atoms with Gasteiger partial charge in [0.2, 0.25) is 5.91 Å². The van der Waals surface area contributed by atoms with Crippen LogP contribution in [0.5, 0.6) is 0 Å². The number of hydrogen-bond acceptors (Lipinski definition) is 10. The summed E-state index contributed by atoms with van der Waals surface area (Å²) in [5.74, 6) is -0.755. The second-order valence-corrected chi connectivity index (χ2v) is 10.9. The predicted octanol–water partition coefficient (Wildman–Crippen LogP) is 4.49. The average Bonchev–Trinajstić information content (AvgIpc) is 3.33. The fourth-order valence-corrected chi connectivity index (χ4v) is 7.26. The highest BCUT2D eigenvalue weighted by Gasteiger charge is 2.27. The highest BCUT2D eigenvalue weighted by Crippen LogP contribution is 2.40. The zero-order valence-corrected chi connectivity index (χ0v) is 21.1. The van der Waals surface area contributed by atoms with Gasteiger partial charge in [-0.25, -0.2) is 19.6 Å². The van der Waals surface area contributed by atoms with Crippen LogP contribution >= 0.6 is 34.4 Å². The van der Waals surface area contributed by atoms with Crippen molar-refractivity contribution in [2.45, 2.75) is 38.1 Å². The molecule has 0 aliphatic heterocycles. The molecule has 0 saturated carbocycles. The molecule has 1 aliphatic rings. The summed E-state index contributed by atoms with van der Waals surface area (Å²) in [5, 5.41) is 4.86. The Balaban J connectivity index is 1.55. The molecule has 1 aliphatic carbocycles. The molecule has 3 aromatic rings. The van der Waals surface area contributed by atoms with Crippen molar-refractivity contribution in [2.75, 3.05) is 25.3 Å². The lowest BCUT2D eigenvalue weighted by atomic mass is 9.89. The van der Waals surface area contributed by atoms with Crippen molar-refractivity contribution in [1.82, 2.24) is 9.97 Å². The normalized spacial score (nSPS) is 15.2. The summed E-state index contributed by atoms with van der Waals surface area (Å²) in [6.07, 6.45) is 4.72. The smallest absolute Gasteiger partial charge is 0.348 e. The summed E-state index contributed by atoms with van der Waals surface area (Å²) in [6.45, 7) is 3.89. The average molecular weight is 506 g/mol. The number of anilines is 1. The van der Waals surface area contributed by atoms with Gasteiger partial charge in [0.25, 0.3) is 0 Å². The first-order chi connectivity index (χ1) is 15.8. The zero-order valence-electron chi connectivity index (χ0n) is 18.6. The zero-order chi connectivity index (χ0) is 23.7. The number of aromatic nitrogens is 2. The largest absolute Gasteiger partial charge is 0.465 e. The second-order valence-electron chi connectivity index (χ2n) is 7.79. The molecule has 0 radical (unpaired) electrons. The molecule has 0 saturated heterocycles. The maximum atomic E-state index is 12.8. The molecule has 0 aromatic carbocycles. The van der Waals surface area contributed by atoms with E-state index in [-0.39, 0.29) is 27.1 Å². The number of hydrogen-bond donors (Lipinski definition) is 1. The number of carbonyl (C=O) groups excluding carboxylic acids is 3. The number of carbonyl (C=O) groups is 3. The van der Waals surface area contributed by atoms with E-state index >= 15 is 0 Å². The van der Waals surface area contributed by atoms with Crippen LogP contribution in [-0.4, -0.2) is 47.8 Å². The molecule has 8 nitrogen and oxygen atoms in total. The van der Waals surface area contributed by atoms with Gasteiger partial charge in [-0.3, -0.25) is 4.79 Å². The number of fused-ring (bicyclic) bond motifs is 3. The molecule has 0 spiro atoms. The number of amides is 1. The van der Waals surface area contributed by atoms with E-state index in [0.29, 0.717) is 11.5 Å². The molecule has 1 atom stereocenters. The van der Waals surface area contributed by atoms with E-state index < -0.39 is 11.9 Å². The number of esters is 2. The van der Waals surface area contributed by atoms with Crippen LogP contribution in [0.3, 0.4) is 0 Å². The topological polar surface area (TPSA) is 107 Å². The van der Waals surface area contributed by atoms with Gasteiger partial charge in [0, 0.05) is 10.3 Å². The number of thiophene rings is 2. The minimum absolute atomic E-state index is 0.0955. The maximum absolute atomic E-state index is 12.8. The SMILES string of the molecule is COC(=O)c1sc(NC(=O)CSc2ncnc3sc4c(c23)CC[C@@H](C)C4)c(C(=O)OC)c1C. The Labute approximate surface area is 203 Å². The number of rotatable bonds is 6. The first-order valence-corrected chi connectivity index (χ1v) is 12.9. The van der Waals surface area contributed by atoms with Crippen LogP contribution < -0.4 is 5.32 Å². The lowest BCUT2D eigenvalue weighted by Crippen LogP contribution is -2.16. The number of nitrogens with one attached hydrogen (secondary N) is 1. The highest BCUT2D eigenvalue weighted by molar-refractivity contribution is 8.00. The third kappa shape index (κ3) is 4.62. The van der Waals surface area contributed by atoms with Crippen LogP contribution in [0.1, 0.15) is 49.4 Å². The molecule has 33 heavy (non-hydrogen) atoms. The van der Waals surface area contributed by atoms with E-state index in [2.05, 4.69) is 22.2 Å². The molecule has 174 valence electrons. The first kappa shape index (κ1) is 23.7. The highest BCUT2D eigenvalue weighted by atomic mass is 32.2. The van der Waals surface area contributed by atoms with Crippen LogP contribution in [0.15, 0.2) is 11.4 Å². The van der Waals surface area contributed by atoms with Gasteiger partial charge in [-0.15, -0.1) is 22.7 Å². The molecule has 3 heterocycles. The minimum Gasteiger partial charge on any atom is -0.465 e. The molecule has 3 aromatic heterocycles. The summed E-state index contributed by atoms with van der Waals surface area (Å²) in [4.78, 5) is 48.6. The van der Waals surface area contributed by atoms with E-state index in [1.807, 2.05) is 0 Å². The third-order valence-electron chi connectivity index (χ3n) is 5.56. The van der Waals surface area contributed by atoms with Crippen molar-refractivity contribution < 1.29 is 23.9 Å². The summed E-state index contributed by atoms with van der Waals surface area (Å²) < 4.78 is 9.62. The molecule has 11 heteroatoms. The van der Waals surface area contributed by atoms with Crippen molar-refractivity contribution in [1.29, 1.82) is 0 Å². The first-order valence-electron chi connectivity index (χ1n) is 10.3. The number of nitrogens with zero attached hydrogens (tertiary/aromatic N) is 2. The van der Waals surface area contributed by atoms with Gasteiger partial charge < -0.3 is 14.8 Å². The molecule has 0 bridgehead atoms. The molecule has 0 unspecified atom stereocenters. The molecule has 1 amide bonds. The number of aryl methyl sites for hydroxylation is 1. The monoisotopic (exact) mass is 505 g/mol. The van der Waals surface area contributed by atoms with E-state index in [4.69, 9.17) is 9.47 Å². The lowest BCUT2D eigenvalue weighted by Gasteiger charge is -2.18. The van der Waals surface area contributed by atoms with Crippen molar-refractivity contribution in [3.8, 4) is 0 Å². The Morgan fingerprint density at radius 3 is 2.67 bits per heavy atom. The Morgan fingerprint density at radius 1 is 1.18 bits per heavy atom. The fourth-order valence-electron chi connectivity index (χ4n) is 3.89. The summed E-state index contributed by atoms with van der Waals surface area (Å²) in [5.41, 5.74) is 1.88. The van der Waals surface area contributed by atoms with Gasteiger partial charge in [0.1, 0.15) is 26.1 Å². The standard InChI is InChI=1S/C22H23N3O5S3/c1-10-5-6-12-13(7-10)32-19-16(12)18(23-9-24-19)31-8-14(26)25-20-15(21(27)29-3)11(2)17(33-20)22(28)30-4/h9-10H,5-8H2,1-4H3,(H,25,26)/t10-/m1/s1. The van der Waals surface area contributed by atoms with Crippen LogP contribution in [0.2, 0.25) is 0 Å². The Bertz CT molecular complexity index is 1250. The number of methoxy groups -OCH3 is 2. The van der Waals surface area contributed by atoms with Crippen LogP contribution in [0.25, 0.3) is 10.2 Å². The number of thioether (sulfide) groups is 1. The van der Waals surface area contributed by atoms with Crippen molar-refractivity contribution in [3.63, 3.8) is 0 Å². The van der Waals surface area contributed by atoms with Crippen molar-refractivity contribution in [2.24, 2.45) is 5.92 Å². The van der Waals surface area contributed by atoms with Crippen LogP contribution in [0.4, 0.5) is 5.00 Å². The van der Waals surface area contributed by atoms with E-state index in [1.165, 1.54) is 42.7 Å². The Kier molecular flexibility index (Phi) is 7.01. The summed E-state index contributed by atoms with van der Waals surface area (Å²) >= 11 is 4.05. The molecule has 4 rings (SSSR count). The van der Waals surface area contributed by atoms with E-state index in [9.17, 15) is 14.4 Å². The van der Waals surface area contributed by atoms with Gasteiger partial charge in [0.05, 0.1) is 25.5 Å². The minimum atomic E-state index is -0.626. The van der Waals surface area contributed by atoms with Gasteiger partial charge in [-0.2, -0.15) is 0 Å². The predicted molar refractivity (Wildman–Crippen MR) is 130 cm³/mol. The van der Waals surface area contributed by atoms with Gasteiger partial charge in [0.15, 0.2) is 0 Å². The van der Waals surface area contributed by atoms with Crippen LogP contribution in [0, 0.1) is 12.8 Å². The van der Waals surface area contributed by atoms with Gasteiger partial charge in [-0.05, 0) is 43.2 Å². The van der Waals surface area contributed by atoms with Crippen molar-refractivity contribution >= 4 is 67.5 Å². The third-order valence-corrected chi connectivity index (χ3v) is 8.90. The molecule has 0 fully saturated rings. The molecular formula is C22H23N3O5S3. The lowest BCUT2D eigenvalue weighted by molar-refractivity contribution is -0.113. The fraction of sp³-hybridized carbons (Fsp3) is 0.409. The van der Waals surface area contributed by atoms with Gasteiger partial charge >= 0.3 is 11.9 Å². The number of ether oxygens (including phenoxy) is 2. The van der Waals surface area contributed by atoms with Crippen molar-refractivity contribution in [3.05, 3.63) is 32.8 Å². The van der Waals surface area contributed by atoms with Gasteiger partial charge in [-0.1, -0.05) is 18.7 Å². The Hall–Kier alpha value is -2.50. The summed E-state index contributed by atoms with van der Waals surface area (Å²) in [7, 11) is 2.52. The Morgan fingerprint density at radius 2 is 1.94 bits per heavy atom. The maximum Gasteiger partial charge on any atom is 0.348 e. The molecule has 1 N–H and O–H groups in total. The van der Waals surface area contributed by atoms with Crippen LogP contribution in [-0.2, 0) is 27.1 Å². The van der Waals surface area contributed by atoms with E-state index in [1.54, 1.807) is 18.3 Å². The molecular weight excluding hydrogens is 482 g/mol. The second kappa shape index (κ2) is 9.78. The summed E-state index contributed by atoms with van der Waals surface area (Å²) in [6, 6.07) is 0. The quantitative estimate of drug-likeness (QED) is 0.297. The van der Waals surface area contributed by atoms with E-state index in [0.717, 1.165) is 45.8 Å².